The molecule has 0 radical (unpaired) electrons. The van der Waals surface area contributed by atoms with E-state index in [0.717, 1.165) is 29.4 Å². The molecular formula is C20H18O. The summed E-state index contributed by atoms with van der Waals surface area (Å²) in [6.45, 7) is 2.19. The quantitative estimate of drug-likeness (QED) is 0.610. The van der Waals surface area contributed by atoms with Crippen molar-refractivity contribution < 1.29 is 4.79 Å². The number of benzene rings is 3. The molecule has 0 bridgehead atoms. The number of carbonyl (C=O) groups is 1. The smallest absolute Gasteiger partial charge is 0.193 e. The molecule has 21 heavy (non-hydrogen) atoms. The fourth-order valence-corrected chi connectivity index (χ4v) is 2.74. The number of carbonyl (C=O) groups excluding carboxylic acids is 1. The molecule has 0 amide bonds. The van der Waals surface area contributed by atoms with E-state index in [1.165, 1.54) is 10.9 Å². The number of aryl methyl sites for hydroxylation is 1. The molecule has 0 N–H and O–H groups in total. The van der Waals surface area contributed by atoms with E-state index in [4.69, 9.17) is 0 Å². The van der Waals surface area contributed by atoms with E-state index in [0.29, 0.717) is 0 Å². The lowest BCUT2D eigenvalue weighted by Crippen LogP contribution is -2.00. The molecule has 104 valence electrons. The molecule has 0 unspecified atom stereocenters. The van der Waals surface area contributed by atoms with Gasteiger partial charge in [-0.1, -0.05) is 74.0 Å². The van der Waals surface area contributed by atoms with Crippen LogP contribution in [0.2, 0.25) is 0 Å². The second kappa shape index (κ2) is 5.92. The highest BCUT2D eigenvalue weighted by atomic mass is 16.1. The molecule has 3 rings (SSSR count). The Kier molecular flexibility index (Phi) is 3.83. The SMILES string of the molecule is CCCc1cccc2cc(C(=O)c3ccccc3)ccc12. The summed E-state index contributed by atoms with van der Waals surface area (Å²) in [5, 5.41) is 2.40. The molecule has 0 spiro atoms. The summed E-state index contributed by atoms with van der Waals surface area (Å²) in [5.74, 6) is 0.0818. The fraction of sp³-hybridized carbons (Fsp3) is 0.150. The van der Waals surface area contributed by atoms with Crippen LogP contribution in [-0.4, -0.2) is 5.78 Å². The minimum Gasteiger partial charge on any atom is -0.289 e. The summed E-state index contributed by atoms with van der Waals surface area (Å²) in [6.07, 6.45) is 2.20. The Morgan fingerprint density at radius 1 is 0.857 bits per heavy atom. The third kappa shape index (κ3) is 2.73. The van der Waals surface area contributed by atoms with Crippen molar-refractivity contribution in [3.8, 4) is 0 Å². The zero-order valence-electron chi connectivity index (χ0n) is 12.2. The second-order valence-corrected chi connectivity index (χ2v) is 5.30. The number of fused-ring (bicyclic) bond motifs is 1. The van der Waals surface area contributed by atoms with Gasteiger partial charge >= 0.3 is 0 Å². The van der Waals surface area contributed by atoms with Crippen LogP contribution in [0.15, 0.2) is 66.7 Å². The molecule has 0 aliphatic carbocycles. The summed E-state index contributed by atoms with van der Waals surface area (Å²) >= 11 is 0. The van der Waals surface area contributed by atoms with E-state index < -0.39 is 0 Å². The van der Waals surface area contributed by atoms with Crippen LogP contribution in [0.4, 0.5) is 0 Å². The molecule has 0 saturated heterocycles. The van der Waals surface area contributed by atoms with Crippen molar-refractivity contribution in [3.63, 3.8) is 0 Å². The van der Waals surface area contributed by atoms with Crippen molar-refractivity contribution in [1.82, 2.24) is 0 Å². The first-order valence-corrected chi connectivity index (χ1v) is 7.41. The number of ketones is 1. The van der Waals surface area contributed by atoms with Gasteiger partial charge in [-0.05, 0) is 28.8 Å². The van der Waals surface area contributed by atoms with E-state index in [1.807, 2.05) is 42.5 Å². The lowest BCUT2D eigenvalue weighted by atomic mass is 9.96. The topological polar surface area (TPSA) is 17.1 Å². The van der Waals surface area contributed by atoms with Crippen molar-refractivity contribution in [1.29, 1.82) is 0 Å². The molecule has 0 fully saturated rings. The maximum Gasteiger partial charge on any atom is 0.193 e. The number of rotatable bonds is 4. The molecule has 0 saturated carbocycles. The molecular weight excluding hydrogens is 256 g/mol. The highest BCUT2D eigenvalue weighted by Crippen LogP contribution is 2.22. The first-order valence-electron chi connectivity index (χ1n) is 7.41. The van der Waals surface area contributed by atoms with E-state index >= 15 is 0 Å². The van der Waals surface area contributed by atoms with E-state index in [-0.39, 0.29) is 5.78 Å². The molecule has 3 aromatic rings. The largest absolute Gasteiger partial charge is 0.289 e. The lowest BCUT2D eigenvalue weighted by molar-refractivity contribution is 0.103. The van der Waals surface area contributed by atoms with Crippen LogP contribution < -0.4 is 0 Å². The van der Waals surface area contributed by atoms with Crippen LogP contribution in [0.3, 0.4) is 0 Å². The maximum atomic E-state index is 12.5. The Hall–Kier alpha value is -2.41. The van der Waals surface area contributed by atoms with Crippen molar-refractivity contribution in [2.24, 2.45) is 0 Å². The lowest BCUT2D eigenvalue weighted by Gasteiger charge is -2.07. The van der Waals surface area contributed by atoms with Gasteiger partial charge in [0, 0.05) is 11.1 Å². The molecule has 0 heterocycles. The molecule has 1 heteroatoms. The van der Waals surface area contributed by atoms with E-state index in [9.17, 15) is 4.79 Å². The molecule has 0 aliphatic heterocycles. The molecule has 3 aromatic carbocycles. The van der Waals surface area contributed by atoms with Gasteiger partial charge in [-0.15, -0.1) is 0 Å². The van der Waals surface area contributed by atoms with Crippen LogP contribution >= 0.6 is 0 Å². The highest BCUT2D eigenvalue weighted by Gasteiger charge is 2.09. The van der Waals surface area contributed by atoms with Gasteiger partial charge in [0.25, 0.3) is 0 Å². The van der Waals surface area contributed by atoms with E-state index in [1.54, 1.807) is 0 Å². The van der Waals surface area contributed by atoms with Crippen molar-refractivity contribution >= 4 is 16.6 Å². The maximum absolute atomic E-state index is 12.5. The van der Waals surface area contributed by atoms with Gasteiger partial charge in [0.15, 0.2) is 5.78 Å². The average Bonchev–Trinajstić information content (AvgIpc) is 2.55. The van der Waals surface area contributed by atoms with Crippen molar-refractivity contribution in [3.05, 3.63) is 83.4 Å². The molecule has 0 aromatic heterocycles. The van der Waals surface area contributed by atoms with Gasteiger partial charge < -0.3 is 0 Å². The van der Waals surface area contributed by atoms with Gasteiger partial charge in [-0.2, -0.15) is 0 Å². The number of hydrogen-bond acceptors (Lipinski definition) is 1. The van der Waals surface area contributed by atoms with Crippen LogP contribution in [0.5, 0.6) is 0 Å². The third-order valence-electron chi connectivity index (χ3n) is 3.79. The van der Waals surface area contributed by atoms with Crippen LogP contribution in [0.25, 0.3) is 10.8 Å². The van der Waals surface area contributed by atoms with Crippen LogP contribution in [0, 0.1) is 0 Å². The van der Waals surface area contributed by atoms with Gasteiger partial charge in [0.1, 0.15) is 0 Å². The van der Waals surface area contributed by atoms with Gasteiger partial charge in [0.2, 0.25) is 0 Å². The van der Waals surface area contributed by atoms with Gasteiger partial charge in [-0.25, -0.2) is 0 Å². The molecule has 0 aliphatic rings. The Balaban J connectivity index is 2.04. The standard InChI is InChI=1S/C20H18O/c1-2-7-15-10-6-11-17-14-18(12-13-19(15)17)20(21)16-8-4-3-5-9-16/h3-6,8-14H,2,7H2,1H3. The Morgan fingerprint density at radius 2 is 1.67 bits per heavy atom. The second-order valence-electron chi connectivity index (χ2n) is 5.30. The first kappa shape index (κ1) is 13.6. The summed E-state index contributed by atoms with van der Waals surface area (Å²) in [7, 11) is 0. The highest BCUT2D eigenvalue weighted by molar-refractivity contribution is 6.10. The third-order valence-corrected chi connectivity index (χ3v) is 3.79. The normalized spacial score (nSPS) is 10.7. The predicted molar refractivity (Wildman–Crippen MR) is 87.8 cm³/mol. The number of hydrogen-bond donors (Lipinski definition) is 0. The van der Waals surface area contributed by atoms with Crippen molar-refractivity contribution in [2.75, 3.05) is 0 Å². The van der Waals surface area contributed by atoms with E-state index in [2.05, 4.69) is 31.2 Å². The van der Waals surface area contributed by atoms with Crippen LogP contribution in [0.1, 0.15) is 34.8 Å². The molecule has 1 nitrogen and oxygen atoms in total. The minimum atomic E-state index is 0.0818. The zero-order valence-corrected chi connectivity index (χ0v) is 12.2. The van der Waals surface area contributed by atoms with Crippen LogP contribution in [-0.2, 0) is 6.42 Å². The summed E-state index contributed by atoms with van der Waals surface area (Å²) in [5.41, 5.74) is 2.85. The fourth-order valence-electron chi connectivity index (χ4n) is 2.74. The minimum absolute atomic E-state index is 0.0818. The van der Waals surface area contributed by atoms with Gasteiger partial charge in [0.05, 0.1) is 0 Å². The Bertz CT molecular complexity index is 772. The Labute approximate surface area is 125 Å². The average molecular weight is 274 g/mol. The summed E-state index contributed by atoms with van der Waals surface area (Å²) in [4.78, 5) is 12.5. The van der Waals surface area contributed by atoms with Gasteiger partial charge in [-0.3, -0.25) is 4.79 Å². The summed E-state index contributed by atoms with van der Waals surface area (Å²) < 4.78 is 0. The zero-order chi connectivity index (χ0) is 14.7. The summed E-state index contributed by atoms with van der Waals surface area (Å²) in [6, 6.07) is 21.8. The Morgan fingerprint density at radius 3 is 2.43 bits per heavy atom. The first-order chi connectivity index (χ1) is 10.3. The molecule has 0 atom stereocenters. The monoisotopic (exact) mass is 274 g/mol. The van der Waals surface area contributed by atoms with Crippen molar-refractivity contribution in [2.45, 2.75) is 19.8 Å². The predicted octanol–water partition coefficient (Wildman–Crippen LogP) is 5.02.